The molecule has 25 heavy (non-hydrogen) atoms. The van der Waals surface area contributed by atoms with E-state index in [1.165, 1.54) is 4.90 Å². The quantitative estimate of drug-likeness (QED) is 0.838. The number of nitrogens with zero attached hydrogens (tertiary/aromatic N) is 1. The molecule has 1 atom stereocenters. The molecule has 0 aliphatic rings. The molecule has 0 aliphatic heterocycles. The highest BCUT2D eigenvalue weighted by atomic mass is 16.5. The van der Waals surface area contributed by atoms with Crippen LogP contribution in [0.25, 0.3) is 0 Å². The van der Waals surface area contributed by atoms with Gasteiger partial charge in [-0.1, -0.05) is 24.3 Å². The molecule has 0 aromatic heterocycles. The van der Waals surface area contributed by atoms with E-state index in [1.807, 2.05) is 6.07 Å². The predicted octanol–water partition coefficient (Wildman–Crippen LogP) is 1.75. The molecule has 0 fully saturated rings. The van der Waals surface area contributed by atoms with E-state index in [9.17, 15) is 14.7 Å². The molecule has 2 aromatic rings. The van der Waals surface area contributed by atoms with Crippen LogP contribution in [0.1, 0.15) is 27.6 Å². The first-order valence-electron chi connectivity index (χ1n) is 7.82. The van der Waals surface area contributed by atoms with Gasteiger partial charge in [-0.2, -0.15) is 0 Å². The SMILES string of the molecule is COc1ccc([C@@H](O)C(=O)NCc2cccc(C(=O)N(C)C)c2)cc1. The molecule has 132 valence electrons. The Morgan fingerprint density at radius 2 is 1.84 bits per heavy atom. The third-order valence-electron chi connectivity index (χ3n) is 3.73. The lowest BCUT2D eigenvalue weighted by Gasteiger charge is -2.14. The van der Waals surface area contributed by atoms with Crippen LogP contribution < -0.4 is 10.1 Å². The van der Waals surface area contributed by atoms with Crippen molar-refractivity contribution < 1.29 is 19.4 Å². The first-order chi connectivity index (χ1) is 11.9. The van der Waals surface area contributed by atoms with Gasteiger partial charge in [0, 0.05) is 26.2 Å². The summed E-state index contributed by atoms with van der Waals surface area (Å²) in [6.45, 7) is 0.223. The lowest BCUT2D eigenvalue weighted by atomic mass is 10.1. The van der Waals surface area contributed by atoms with Gasteiger partial charge in [-0.15, -0.1) is 0 Å². The molecule has 6 heteroatoms. The highest BCUT2D eigenvalue weighted by molar-refractivity contribution is 5.94. The van der Waals surface area contributed by atoms with Gasteiger partial charge in [0.25, 0.3) is 11.8 Å². The van der Waals surface area contributed by atoms with E-state index in [4.69, 9.17) is 4.74 Å². The number of nitrogens with one attached hydrogen (secondary N) is 1. The second-order valence-electron chi connectivity index (χ2n) is 5.79. The summed E-state index contributed by atoms with van der Waals surface area (Å²) >= 11 is 0. The zero-order valence-corrected chi connectivity index (χ0v) is 14.5. The Labute approximate surface area is 147 Å². The summed E-state index contributed by atoms with van der Waals surface area (Å²) in [5, 5.41) is 12.8. The summed E-state index contributed by atoms with van der Waals surface area (Å²) in [7, 11) is 4.91. The number of hydrogen-bond donors (Lipinski definition) is 2. The number of hydrogen-bond acceptors (Lipinski definition) is 4. The van der Waals surface area contributed by atoms with Gasteiger partial charge in [0.2, 0.25) is 0 Å². The van der Waals surface area contributed by atoms with Crippen molar-refractivity contribution in [3.63, 3.8) is 0 Å². The zero-order valence-electron chi connectivity index (χ0n) is 14.5. The number of rotatable bonds is 6. The standard InChI is InChI=1S/C19H22N2O4/c1-21(2)19(24)15-6-4-5-13(11-15)12-20-18(23)17(22)14-7-9-16(25-3)10-8-14/h4-11,17,22H,12H2,1-3H3,(H,20,23)/t17-/m1/s1. The molecule has 2 rings (SSSR count). The first kappa shape index (κ1) is 18.5. The molecule has 0 saturated carbocycles. The van der Waals surface area contributed by atoms with Gasteiger partial charge < -0.3 is 20.1 Å². The van der Waals surface area contributed by atoms with Crippen molar-refractivity contribution >= 4 is 11.8 Å². The van der Waals surface area contributed by atoms with E-state index < -0.39 is 12.0 Å². The summed E-state index contributed by atoms with van der Waals surface area (Å²) in [5.74, 6) is 0.0414. The lowest BCUT2D eigenvalue weighted by Crippen LogP contribution is -2.29. The second kappa shape index (κ2) is 8.30. The van der Waals surface area contributed by atoms with Crippen molar-refractivity contribution in [2.45, 2.75) is 12.6 Å². The van der Waals surface area contributed by atoms with E-state index in [2.05, 4.69) is 5.32 Å². The third kappa shape index (κ3) is 4.81. The Hall–Kier alpha value is -2.86. The van der Waals surface area contributed by atoms with Crippen LogP contribution in [0.4, 0.5) is 0 Å². The van der Waals surface area contributed by atoms with Gasteiger partial charge in [-0.05, 0) is 35.4 Å². The lowest BCUT2D eigenvalue weighted by molar-refractivity contribution is -0.129. The van der Waals surface area contributed by atoms with Crippen molar-refractivity contribution in [3.05, 3.63) is 65.2 Å². The molecular weight excluding hydrogens is 320 g/mol. The van der Waals surface area contributed by atoms with Crippen LogP contribution in [0.2, 0.25) is 0 Å². The van der Waals surface area contributed by atoms with E-state index >= 15 is 0 Å². The van der Waals surface area contributed by atoms with E-state index in [0.717, 1.165) is 5.56 Å². The van der Waals surface area contributed by atoms with E-state index in [-0.39, 0.29) is 12.5 Å². The maximum atomic E-state index is 12.1. The highest BCUT2D eigenvalue weighted by Gasteiger charge is 2.17. The number of carbonyl (C=O) groups is 2. The molecule has 0 saturated heterocycles. The van der Waals surface area contributed by atoms with Crippen LogP contribution in [0, 0.1) is 0 Å². The van der Waals surface area contributed by atoms with Crippen molar-refractivity contribution in [3.8, 4) is 5.75 Å². The fourth-order valence-electron chi connectivity index (χ4n) is 2.30. The Kier molecular flexibility index (Phi) is 6.14. The van der Waals surface area contributed by atoms with Crippen molar-refractivity contribution in [2.24, 2.45) is 0 Å². The van der Waals surface area contributed by atoms with Gasteiger partial charge in [0.15, 0.2) is 6.10 Å². The molecular formula is C19H22N2O4. The van der Waals surface area contributed by atoms with Crippen molar-refractivity contribution in [2.75, 3.05) is 21.2 Å². The largest absolute Gasteiger partial charge is 0.497 e. The predicted molar refractivity (Wildman–Crippen MR) is 94.3 cm³/mol. The number of ether oxygens (including phenoxy) is 1. The van der Waals surface area contributed by atoms with Crippen molar-refractivity contribution in [1.82, 2.24) is 10.2 Å². The van der Waals surface area contributed by atoms with Gasteiger partial charge in [0.05, 0.1) is 7.11 Å². The summed E-state index contributed by atoms with van der Waals surface area (Å²) in [4.78, 5) is 25.6. The van der Waals surface area contributed by atoms with Crippen molar-refractivity contribution in [1.29, 1.82) is 0 Å². The van der Waals surface area contributed by atoms with Crippen LogP contribution in [-0.2, 0) is 11.3 Å². The third-order valence-corrected chi connectivity index (χ3v) is 3.73. The molecule has 6 nitrogen and oxygen atoms in total. The van der Waals surface area contributed by atoms with E-state index in [1.54, 1.807) is 63.7 Å². The first-order valence-corrected chi connectivity index (χ1v) is 7.82. The van der Waals surface area contributed by atoms with Crippen LogP contribution >= 0.6 is 0 Å². The summed E-state index contributed by atoms with van der Waals surface area (Å²) in [5.41, 5.74) is 1.81. The summed E-state index contributed by atoms with van der Waals surface area (Å²) in [6.07, 6.45) is -1.27. The fourth-order valence-corrected chi connectivity index (χ4v) is 2.30. The Morgan fingerprint density at radius 3 is 2.44 bits per heavy atom. The minimum atomic E-state index is -1.27. The average Bonchev–Trinajstić information content (AvgIpc) is 2.65. The number of benzene rings is 2. The Morgan fingerprint density at radius 1 is 1.16 bits per heavy atom. The molecule has 2 aromatic carbocycles. The van der Waals surface area contributed by atoms with Gasteiger partial charge in [0.1, 0.15) is 5.75 Å². The molecule has 0 heterocycles. The number of amides is 2. The smallest absolute Gasteiger partial charge is 0.253 e. The normalized spacial score (nSPS) is 11.5. The molecule has 2 N–H and O–H groups in total. The van der Waals surface area contributed by atoms with Crippen LogP contribution in [0.15, 0.2) is 48.5 Å². The Bertz CT molecular complexity index is 741. The monoisotopic (exact) mass is 342 g/mol. The fraction of sp³-hybridized carbons (Fsp3) is 0.263. The molecule has 0 radical (unpaired) electrons. The second-order valence-corrected chi connectivity index (χ2v) is 5.79. The van der Waals surface area contributed by atoms with Gasteiger partial charge in [-0.3, -0.25) is 9.59 Å². The topological polar surface area (TPSA) is 78.9 Å². The average molecular weight is 342 g/mol. The van der Waals surface area contributed by atoms with Crippen LogP contribution in [0.3, 0.4) is 0 Å². The molecule has 0 spiro atoms. The Balaban J connectivity index is 1.99. The minimum absolute atomic E-state index is 0.105. The van der Waals surface area contributed by atoms with Gasteiger partial charge >= 0.3 is 0 Å². The number of aliphatic hydroxyl groups excluding tert-OH is 1. The molecule has 2 amide bonds. The zero-order chi connectivity index (χ0) is 18.4. The van der Waals surface area contributed by atoms with Crippen LogP contribution in [-0.4, -0.2) is 43.0 Å². The highest BCUT2D eigenvalue weighted by Crippen LogP contribution is 2.18. The molecule has 0 bridgehead atoms. The number of aliphatic hydroxyl groups is 1. The molecule has 0 aliphatic carbocycles. The summed E-state index contributed by atoms with van der Waals surface area (Å²) < 4.78 is 5.05. The maximum absolute atomic E-state index is 12.1. The maximum Gasteiger partial charge on any atom is 0.253 e. The number of methoxy groups -OCH3 is 1. The minimum Gasteiger partial charge on any atom is -0.497 e. The number of carbonyl (C=O) groups excluding carboxylic acids is 2. The van der Waals surface area contributed by atoms with E-state index in [0.29, 0.717) is 16.9 Å². The summed E-state index contributed by atoms with van der Waals surface area (Å²) in [6, 6.07) is 13.7. The molecule has 0 unspecified atom stereocenters. The van der Waals surface area contributed by atoms with Gasteiger partial charge in [-0.25, -0.2) is 0 Å². The van der Waals surface area contributed by atoms with Crippen LogP contribution in [0.5, 0.6) is 5.75 Å².